The highest BCUT2D eigenvalue weighted by molar-refractivity contribution is 5.89. The normalized spacial score (nSPS) is 16.5. The van der Waals surface area contributed by atoms with E-state index in [1.807, 2.05) is 0 Å². The van der Waals surface area contributed by atoms with E-state index in [4.69, 9.17) is 9.57 Å². The SMILES string of the molecule is COc1ccc(C(=O)ON2CCCCC2)cc1. The van der Waals surface area contributed by atoms with Crippen LogP contribution in [0.2, 0.25) is 0 Å². The average molecular weight is 235 g/mol. The van der Waals surface area contributed by atoms with Crippen LogP contribution in [0.4, 0.5) is 0 Å². The number of nitrogens with zero attached hydrogens (tertiary/aromatic N) is 1. The van der Waals surface area contributed by atoms with Gasteiger partial charge in [0.1, 0.15) is 5.75 Å². The maximum atomic E-state index is 11.8. The third-order valence-electron chi connectivity index (χ3n) is 2.85. The van der Waals surface area contributed by atoms with Gasteiger partial charge in [-0.3, -0.25) is 0 Å². The van der Waals surface area contributed by atoms with E-state index in [1.165, 1.54) is 6.42 Å². The highest BCUT2D eigenvalue weighted by atomic mass is 16.7. The van der Waals surface area contributed by atoms with E-state index in [-0.39, 0.29) is 5.97 Å². The van der Waals surface area contributed by atoms with Gasteiger partial charge in [-0.15, -0.1) is 5.06 Å². The average Bonchev–Trinajstić information content (AvgIpc) is 2.40. The van der Waals surface area contributed by atoms with Crippen LogP contribution in [0.25, 0.3) is 0 Å². The molecule has 1 aromatic carbocycles. The van der Waals surface area contributed by atoms with Gasteiger partial charge in [-0.1, -0.05) is 6.42 Å². The lowest BCUT2D eigenvalue weighted by Gasteiger charge is -2.24. The lowest BCUT2D eigenvalue weighted by atomic mass is 10.2. The van der Waals surface area contributed by atoms with Crippen molar-refractivity contribution in [3.05, 3.63) is 29.8 Å². The van der Waals surface area contributed by atoms with Gasteiger partial charge in [0.15, 0.2) is 0 Å². The molecular weight excluding hydrogens is 218 g/mol. The highest BCUT2D eigenvalue weighted by Gasteiger charge is 2.16. The molecule has 0 saturated carbocycles. The summed E-state index contributed by atoms with van der Waals surface area (Å²) in [6, 6.07) is 6.94. The number of ether oxygens (including phenoxy) is 1. The fourth-order valence-corrected chi connectivity index (χ4v) is 1.85. The van der Waals surface area contributed by atoms with E-state index in [9.17, 15) is 4.79 Å². The van der Waals surface area contributed by atoms with Gasteiger partial charge < -0.3 is 9.57 Å². The van der Waals surface area contributed by atoms with E-state index in [1.54, 1.807) is 36.4 Å². The van der Waals surface area contributed by atoms with Crippen molar-refractivity contribution < 1.29 is 14.4 Å². The van der Waals surface area contributed by atoms with E-state index < -0.39 is 0 Å². The second-order valence-corrected chi connectivity index (χ2v) is 4.10. The van der Waals surface area contributed by atoms with Crippen molar-refractivity contribution in [2.75, 3.05) is 20.2 Å². The molecule has 0 spiro atoms. The summed E-state index contributed by atoms with van der Waals surface area (Å²) in [5.74, 6) is 0.439. The van der Waals surface area contributed by atoms with Gasteiger partial charge in [0.2, 0.25) is 0 Å². The van der Waals surface area contributed by atoms with Crippen LogP contribution in [0, 0.1) is 0 Å². The van der Waals surface area contributed by atoms with Crippen LogP contribution in [0.15, 0.2) is 24.3 Å². The van der Waals surface area contributed by atoms with Gasteiger partial charge >= 0.3 is 5.97 Å². The van der Waals surface area contributed by atoms with Crippen LogP contribution in [0.1, 0.15) is 29.6 Å². The van der Waals surface area contributed by atoms with Crippen molar-refractivity contribution in [2.45, 2.75) is 19.3 Å². The molecule has 2 rings (SSSR count). The van der Waals surface area contributed by atoms with E-state index in [2.05, 4.69) is 0 Å². The molecule has 1 saturated heterocycles. The minimum Gasteiger partial charge on any atom is -0.497 e. The Labute approximate surface area is 101 Å². The second kappa shape index (κ2) is 5.68. The molecule has 92 valence electrons. The van der Waals surface area contributed by atoms with E-state index >= 15 is 0 Å². The Morgan fingerprint density at radius 2 is 1.76 bits per heavy atom. The zero-order chi connectivity index (χ0) is 12.1. The molecule has 1 aliphatic heterocycles. The Morgan fingerprint density at radius 3 is 2.35 bits per heavy atom. The zero-order valence-corrected chi connectivity index (χ0v) is 10.0. The summed E-state index contributed by atoms with van der Waals surface area (Å²) in [4.78, 5) is 17.1. The molecule has 1 fully saturated rings. The van der Waals surface area contributed by atoms with Crippen LogP contribution in [-0.4, -0.2) is 31.2 Å². The largest absolute Gasteiger partial charge is 0.497 e. The van der Waals surface area contributed by atoms with Crippen molar-refractivity contribution in [3.63, 3.8) is 0 Å². The number of hydrogen-bond acceptors (Lipinski definition) is 4. The fraction of sp³-hybridized carbons (Fsp3) is 0.462. The summed E-state index contributed by atoms with van der Waals surface area (Å²) in [5, 5.41) is 1.75. The summed E-state index contributed by atoms with van der Waals surface area (Å²) in [7, 11) is 1.60. The molecule has 0 bridgehead atoms. The quantitative estimate of drug-likeness (QED) is 0.805. The van der Waals surface area contributed by atoms with Crippen molar-refractivity contribution in [1.82, 2.24) is 5.06 Å². The zero-order valence-electron chi connectivity index (χ0n) is 10.0. The van der Waals surface area contributed by atoms with Gasteiger partial charge in [-0.2, -0.15) is 0 Å². The monoisotopic (exact) mass is 235 g/mol. The predicted molar refractivity (Wildman–Crippen MR) is 63.8 cm³/mol. The molecule has 0 amide bonds. The van der Waals surface area contributed by atoms with E-state index in [0.29, 0.717) is 5.56 Å². The Bertz CT molecular complexity index is 369. The minimum atomic E-state index is -0.297. The number of carbonyl (C=O) groups is 1. The Morgan fingerprint density at radius 1 is 1.12 bits per heavy atom. The lowest BCUT2D eigenvalue weighted by molar-refractivity contribution is -0.119. The van der Waals surface area contributed by atoms with Crippen LogP contribution in [0.5, 0.6) is 5.75 Å². The number of hydroxylamine groups is 2. The first kappa shape index (κ1) is 11.9. The molecule has 0 radical (unpaired) electrons. The summed E-state index contributed by atoms with van der Waals surface area (Å²) in [6.07, 6.45) is 3.41. The number of methoxy groups -OCH3 is 1. The van der Waals surface area contributed by atoms with Crippen molar-refractivity contribution in [3.8, 4) is 5.75 Å². The molecule has 0 unspecified atom stereocenters. The van der Waals surface area contributed by atoms with Gasteiger partial charge in [-0.25, -0.2) is 4.79 Å². The molecule has 1 aliphatic rings. The Hall–Kier alpha value is -1.55. The smallest absolute Gasteiger partial charge is 0.357 e. The highest BCUT2D eigenvalue weighted by Crippen LogP contribution is 2.14. The first-order valence-electron chi connectivity index (χ1n) is 5.91. The number of piperidine rings is 1. The van der Waals surface area contributed by atoms with Crippen LogP contribution >= 0.6 is 0 Å². The number of benzene rings is 1. The van der Waals surface area contributed by atoms with Crippen LogP contribution < -0.4 is 4.74 Å². The number of carbonyl (C=O) groups excluding carboxylic acids is 1. The van der Waals surface area contributed by atoms with Crippen molar-refractivity contribution >= 4 is 5.97 Å². The molecule has 0 aliphatic carbocycles. The predicted octanol–water partition coefficient (Wildman–Crippen LogP) is 2.25. The van der Waals surface area contributed by atoms with Gasteiger partial charge in [-0.05, 0) is 37.1 Å². The van der Waals surface area contributed by atoms with E-state index in [0.717, 1.165) is 31.7 Å². The Kier molecular flexibility index (Phi) is 3.98. The van der Waals surface area contributed by atoms with Crippen LogP contribution in [-0.2, 0) is 4.84 Å². The summed E-state index contributed by atoms with van der Waals surface area (Å²) >= 11 is 0. The molecule has 0 atom stereocenters. The third kappa shape index (κ3) is 3.20. The van der Waals surface area contributed by atoms with Gasteiger partial charge in [0.25, 0.3) is 0 Å². The molecule has 0 N–H and O–H groups in total. The maximum absolute atomic E-state index is 11.8. The van der Waals surface area contributed by atoms with Crippen molar-refractivity contribution in [2.24, 2.45) is 0 Å². The second-order valence-electron chi connectivity index (χ2n) is 4.10. The number of rotatable bonds is 3. The number of hydrogen-bond donors (Lipinski definition) is 0. The molecule has 4 nitrogen and oxygen atoms in total. The molecule has 1 aromatic rings. The third-order valence-corrected chi connectivity index (χ3v) is 2.85. The summed E-state index contributed by atoms with van der Waals surface area (Å²) < 4.78 is 5.04. The molecule has 17 heavy (non-hydrogen) atoms. The lowest BCUT2D eigenvalue weighted by Crippen LogP contribution is -2.32. The van der Waals surface area contributed by atoms with Crippen molar-refractivity contribution in [1.29, 1.82) is 0 Å². The fourth-order valence-electron chi connectivity index (χ4n) is 1.85. The molecule has 1 heterocycles. The molecule has 4 heteroatoms. The first-order chi connectivity index (χ1) is 8.29. The minimum absolute atomic E-state index is 0.297. The van der Waals surface area contributed by atoms with Gasteiger partial charge in [0, 0.05) is 13.1 Å². The standard InChI is InChI=1S/C13H17NO3/c1-16-12-7-5-11(6-8-12)13(15)17-14-9-3-2-4-10-14/h5-8H,2-4,9-10H2,1H3. The molecular formula is C13H17NO3. The maximum Gasteiger partial charge on any atom is 0.357 e. The summed E-state index contributed by atoms with van der Waals surface area (Å²) in [6.45, 7) is 1.67. The first-order valence-corrected chi connectivity index (χ1v) is 5.91. The summed E-state index contributed by atoms with van der Waals surface area (Å²) in [5.41, 5.74) is 0.552. The molecule has 0 aromatic heterocycles. The Balaban J connectivity index is 1.93. The van der Waals surface area contributed by atoms with Crippen LogP contribution in [0.3, 0.4) is 0 Å². The topological polar surface area (TPSA) is 38.8 Å². The van der Waals surface area contributed by atoms with Gasteiger partial charge in [0.05, 0.1) is 12.7 Å².